The molecule has 0 aliphatic carbocycles. The van der Waals surface area contributed by atoms with Gasteiger partial charge >= 0.3 is 15.3 Å². The number of hydrogen-bond acceptors (Lipinski definition) is 1. The van der Waals surface area contributed by atoms with Crippen LogP contribution in [0.4, 0.5) is 0 Å². The zero-order chi connectivity index (χ0) is 12.3. The largest absolute Gasteiger partial charge is 0.427 e. The number of hydrogen-bond donors (Lipinski definition) is 0. The number of rotatable bonds is 6. The molecule has 0 heterocycles. The van der Waals surface area contributed by atoms with Gasteiger partial charge in [0.1, 0.15) is 0 Å². The Bertz CT molecular complexity index is 222. The quantitative estimate of drug-likeness (QED) is 0.510. The summed E-state index contributed by atoms with van der Waals surface area (Å²) in [5, 5.41) is 0. The lowest BCUT2D eigenvalue weighted by molar-refractivity contribution is 0.553. The van der Waals surface area contributed by atoms with E-state index < -0.39 is 15.3 Å². The van der Waals surface area contributed by atoms with Crippen LogP contribution in [0.15, 0.2) is 24.6 Å². The zero-order valence-corrected chi connectivity index (χ0v) is 13.4. The van der Waals surface area contributed by atoms with Crippen LogP contribution in [0.1, 0.15) is 27.7 Å². The molecular weight excluding hydrogens is 263 g/mol. The van der Waals surface area contributed by atoms with Crippen molar-refractivity contribution >= 4 is 37.4 Å². The predicted octanol–water partition coefficient (Wildman–Crippen LogP) is 4.64. The minimum atomic E-state index is -2.43. The third-order valence-electron chi connectivity index (χ3n) is 2.44. The molecule has 0 aliphatic rings. The van der Waals surface area contributed by atoms with Crippen molar-refractivity contribution < 1.29 is 4.12 Å². The van der Waals surface area contributed by atoms with Gasteiger partial charge in [-0.2, -0.15) is 0 Å². The van der Waals surface area contributed by atoms with Crippen molar-refractivity contribution in [3.8, 4) is 0 Å². The molecular formula is C10H20Cl2OSi2. The Kier molecular flexibility index (Phi) is 5.86. The zero-order valence-electron chi connectivity index (χ0n) is 9.89. The average Bonchev–Trinajstić information content (AvgIpc) is 2.16. The van der Waals surface area contributed by atoms with E-state index in [1.807, 2.05) is 27.7 Å². The van der Waals surface area contributed by atoms with Gasteiger partial charge in [0.05, 0.1) is 0 Å². The highest BCUT2D eigenvalue weighted by molar-refractivity contribution is 7.29. The SMILES string of the molecule is C=C[Si](Cl)(O[Si](Cl)(C=C)C(C)C)C(C)C. The fraction of sp³-hybridized carbons (Fsp3) is 0.600. The lowest BCUT2D eigenvalue weighted by Crippen LogP contribution is -2.46. The lowest BCUT2D eigenvalue weighted by Gasteiger charge is -2.35. The normalized spacial score (nSPS) is 19.7. The van der Waals surface area contributed by atoms with E-state index in [0.29, 0.717) is 0 Å². The second-order valence-corrected chi connectivity index (χ2v) is 14.5. The molecule has 0 aromatic heterocycles. The molecule has 0 bridgehead atoms. The highest BCUT2D eigenvalue weighted by Gasteiger charge is 2.44. The van der Waals surface area contributed by atoms with E-state index >= 15 is 0 Å². The van der Waals surface area contributed by atoms with Crippen LogP contribution in [-0.2, 0) is 4.12 Å². The number of halogens is 2. The summed E-state index contributed by atoms with van der Waals surface area (Å²) in [7, 11) is -4.85. The molecule has 0 aliphatic heterocycles. The first-order chi connectivity index (χ1) is 6.72. The van der Waals surface area contributed by atoms with Gasteiger partial charge in [0, 0.05) is 0 Å². The summed E-state index contributed by atoms with van der Waals surface area (Å²) < 4.78 is 6.02. The molecule has 0 aromatic rings. The maximum atomic E-state index is 6.47. The topological polar surface area (TPSA) is 9.23 Å². The molecule has 0 amide bonds. The highest BCUT2D eigenvalue weighted by atomic mass is 35.6. The van der Waals surface area contributed by atoms with Crippen LogP contribution in [-0.4, -0.2) is 15.3 Å². The average molecular weight is 283 g/mol. The monoisotopic (exact) mass is 282 g/mol. The van der Waals surface area contributed by atoms with E-state index in [1.54, 1.807) is 11.4 Å². The van der Waals surface area contributed by atoms with Crippen LogP contribution >= 0.6 is 22.2 Å². The van der Waals surface area contributed by atoms with Crippen molar-refractivity contribution in [3.63, 3.8) is 0 Å². The predicted molar refractivity (Wildman–Crippen MR) is 74.9 cm³/mol. The molecule has 88 valence electrons. The lowest BCUT2D eigenvalue weighted by atomic mass is 10.6. The molecule has 0 rings (SSSR count). The molecule has 5 heteroatoms. The molecule has 0 aromatic carbocycles. The maximum Gasteiger partial charge on any atom is 0.308 e. The van der Waals surface area contributed by atoms with E-state index in [2.05, 4.69) is 13.2 Å². The van der Waals surface area contributed by atoms with Crippen LogP contribution < -0.4 is 0 Å². The summed E-state index contributed by atoms with van der Waals surface area (Å²) in [4.78, 5) is 0. The summed E-state index contributed by atoms with van der Waals surface area (Å²) in [6.45, 7) is 15.7. The molecule has 2 atom stereocenters. The Hall–Kier alpha value is 0.454. The molecule has 15 heavy (non-hydrogen) atoms. The van der Waals surface area contributed by atoms with Gasteiger partial charge in [-0.1, -0.05) is 39.1 Å². The molecule has 0 radical (unpaired) electrons. The van der Waals surface area contributed by atoms with E-state index in [9.17, 15) is 0 Å². The van der Waals surface area contributed by atoms with Crippen LogP contribution in [0.25, 0.3) is 0 Å². The third-order valence-corrected chi connectivity index (χ3v) is 14.1. The van der Waals surface area contributed by atoms with Gasteiger partial charge < -0.3 is 4.12 Å². The first-order valence-corrected chi connectivity index (χ1v) is 11.2. The van der Waals surface area contributed by atoms with E-state index in [1.165, 1.54) is 0 Å². The fourth-order valence-electron chi connectivity index (χ4n) is 1.03. The first-order valence-electron chi connectivity index (χ1n) is 5.07. The molecule has 0 fully saturated rings. The minimum absolute atomic E-state index is 0.251. The third kappa shape index (κ3) is 3.75. The Morgan fingerprint density at radius 3 is 1.33 bits per heavy atom. The standard InChI is InChI=1S/C10H20Cl2OSi2/c1-7-14(11,9(3)4)13-15(12,8-2)10(5)6/h7-10H,1-2H2,3-6H3. The second kappa shape index (κ2) is 5.68. The van der Waals surface area contributed by atoms with Crippen LogP contribution in [0.5, 0.6) is 0 Å². The Morgan fingerprint density at radius 1 is 0.933 bits per heavy atom. The molecule has 1 nitrogen and oxygen atoms in total. The molecule has 0 saturated heterocycles. The smallest absolute Gasteiger partial charge is 0.308 e. The summed E-state index contributed by atoms with van der Waals surface area (Å²) in [5.74, 6) is 0. The highest BCUT2D eigenvalue weighted by Crippen LogP contribution is 2.37. The summed E-state index contributed by atoms with van der Waals surface area (Å²) in [6, 6.07) is 0. The molecule has 0 N–H and O–H groups in total. The van der Waals surface area contributed by atoms with E-state index in [-0.39, 0.29) is 11.1 Å². The van der Waals surface area contributed by atoms with Crippen molar-refractivity contribution in [1.82, 2.24) is 0 Å². The van der Waals surface area contributed by atoms with Crippen LogP contribution in [0, 0.1) is 0 Å². The van der Waals surface area contributed by atoms with Gasteiger partial charge in [0.2, 0.25) is 0 Å². The van der Waals surface area contributed by atoms with Crippen molar-refractivity contribution in [1.29, 1.82) is 0 Å². The van der Waals surface area contributed by atoms with Gasteiger partial charge in [0.25, 0.3) is 0 Å². The summed E-state index contributed by atoms with van der Waals surface area (Å²) in [6.07, 6.45) is 0. The molecule has 0 spiro atoms. The Balaban J connectivity index is 4.95. The van der Waals surface area contributed by atoms with Crippen LogP contribution in [0.2, 0.25) is 11.1 Å². The maximum absolute atomic E-state index is 6.47. The Morgan fingerprint density at radius 2 is 1.20 bits per heavy atom. The van der Waals surface area contributed by atoms with Gasteiger partial charge in [-0.05, 0) is 11.1 Å². The summed E-state index contributed by atoms with van der Waals surface area (Å²) >= 11 is 12.9. The van der Waals surface area contributed by atoms with Gasteiger partial charge in [-0.25, -0.2) is 0 Å². The van der Waals surface area contributed by atoms with Gasteiger partial charge in [0.15, 0.2) is 0 Å². The minimum Gasteiger partial charge on any atom is -0.427 e. The fourth-order valence-corrected chi connectivity index (χ4v) is 9.10. The molecule has 2 unspecified atom stereocenters. The van der Waals surface area contributed by atoms with Crippen LogP contribution in [0.3, 0.4) is 0 Å². The van der Waals surface area contributed by atoms with Crippen molar-refractivity contribution in [2.24, 2.45) is 0 Å². The molecule has 0 saturated carbocycles. The van der Waals surface area contributed by atoms with Gasteiger partial charge in [-0.3, -0.25) is 0 Å². The first kappa shape index (κ1) is 15.5. The van der Waals surface area contributed by atoms with Crippen molar-refractivity contribution in [3.05, 3.63) is 24.6 Å². The second-order valence-electron chi connectivity index (χ2n) is 4.22. The van der Waals surface area contributed by atoms with Crippen molar-refractivity contribution in [2.45, 2.75) is 38.8 Å². The van der Waals surface area contributed by atoms with Crippen molar-refractivity contribution in [2.75, 3.05) is 0 Å². The Labute approximate surface area is 105 Å². The van der Waals surface area contributed by atoms with E-state index in [4.69, 9.17) is 26.3 Å². The van der Waals surface area contributed by atoms with Gasteiger partial charge in [-0.15, -0.1) is 35.3 Å². The summed E-state index contributed by atoms with van der Waals surface area (Å²) in [5.41, 5.74) is 3.99. The van der Waals surface area contributed by atoms with E-state index in [0.717, 1.165) is 0 Å².